The summed E-state index contributed by atoms with van der Waals surface area (Å²) in [5.41, 5.74) is 9.18. The number of aryl methyl sites for hydroxylation is 3. The number of benzene rings is 2. The normalized spacial score (nSPS) is 16.0. The highest BCUT2D eigenvalue weighted by Gasteiger charge is 2.28. The van der Waals surface area contributed by atoms with Crippen molar-refractivity contribution >= 4 is 34.4 Å². The third-order valence-electron chi connectivity index (χ3n) is 7.85. The summed E-state index contributed by atoms with van der Waals surface area (Å²) < 4.78 is 0. The van der Waals surface area contributed by atoms with Crippen molar-refractivity contribution in [1.29, 1.82) is 0 Å². The number of carbonyl (C=O) groups excluding carboxylic acids is 2. The van der Waals surface area contributed by atoms with Crippen LogP contribution in [-0.2, 0) is 19.4 Å². The lowest BCUT2D eigenvalue weighted by molar-refractivity contribution is 0.0955. The van der Waals surface area contributed by atoms with E-state index in [0.717, 1.165) is 73.3 Å². The van der Waals surface area contributed by atoms with E-state index in [-0.39, 0.29) is 18.4 Å². The first kappa shape index (κ1) is 27.2. The minimum absolute atomic E-state index is 0.219. The molecule has 2 aromatic carbocycles. The number of hydrogen-bond donors (Lipinski definition) is 3. The molecule has 2 heterocycles. The fourth-order valence-electron chi connectivity index (χ4n) is 5.37. The van der Waals surface area contributed by atoms with Gasteiger partial charge >= 0.3 is 0 Å². The zero-order valence-electron chi connectivity index (χ0n) is 22.6. The summed E-state index contributed by atoms with van der Waals surface area (Å²) >= 11 is 1.50. The molecule has 0 atom stereocenters. The van der Waals surface area contributed by atoms with Gasteiger partial charge < -0.3 is 10.4 Å². The molecule has 0 unspecified atom stereocenters. The van der Waals surface area contributed by atoms with Crippen LogP contribution in [0.2, 0.25) is 0 Å². The van der Waals surface area contributed by atoms with Crippen molar-refractivity contribution in [2.45, 2.75) is 52.5 Å². The molecule has 8 heteroatoms. The third kappa shape index (κ3) is 6.46. The van der Waals surface area contributed by atoms with E-state index >= 15 is 0 Å². The maximum atomic E-state index is 13.3. The standard InChI is InChI=1S/C31H36N4O3S/c1-20-9-10-23(15-21(20)2)17-32-34-30(38)28-26-7-4-8-27(26)39-31(28)33-29(37)25-6-3-5-24(16-25)18-35-13-11-22(19-36)12-14-35/h3,5-6,9-10,15-17,22,36H,4,7-8,11-14,18-19H2,1-2H3,(H,33,37)(H,34,38)/b32-17+. The molecule has 1 fully saturated rings. The van der Waals surface area contributed by atoms with Gasteiger partial charge in [0, 0.05) is 23.6 Å². The van der Waals surface area contributed by atoms with Crippen LogP contribution in [0.3, 0.4) is 0 Å². The summed E-state index contributed by atoms with van der Waals surface area (Å²) in [4.78, 5) is 30.1. The average Bonchev–Trinajstić information content (AvgIpc) is 3.52. The summed E-state index contributed by atoms with van der Waals surface area (Å²) in [6.45, 7) is 7.04. The van der Waals surface area contributed by atoms with E-state index < -0.39 is 0 Å². The number of aliphatic hydroxyl groups is 1. The third-order valence-corrected chi connectivity index (χ3v) is 9.05. The van der Waals surface area contributed by atoms with Crippen LogP contribution in [0.4, 0.5) is 5.00 Å². The number of hydrogen-bond acceptors (Lipinski definition) is 6. The maximum absolute atomic E-state index is 13.3. The van der Waals surface area contributed by atoms with Gasteiger partial charge in [0.2, 0.25) is 0 Å². The Balaban J connectivity index is 1.27. The van der Waals surface area contributed by atoms with E-state index in [1.54, 1.807) is 6.21 Å². The van der Waals surface area contributed by atoms with Crippen LogP contribution >= 0.6 is 11.3 Å². The molecular weight excluding hydrogens is 508 g/mol. The Morgan fingerprint density at radius 3 is 2.67 bits per heavy atom. The van der Waals surface area contributed by atoms with Crippen LogP contribution in [0.15, 0.2) is 47.6 Å². The van der Waals surface area contributed by atoms with Crippen LogP contribution < -0.4 is 10.7 Å². The molecule has 1 saturated heterocycles. The van der Waals surface area contributed by atoms with E-state index in [2.05, 4.69) is 27.7 Å². The number of rotatable bonds is 8. The summed E-state index contributed by atoms with van der Waals surface area (Å²) in [5.74, 6) is -0.122. The Labute approximate surface area is 233 Å². The van der Waals surface area contributed by atoms with Crippen LogP contribution in [0.5, 0.6) is 0 Å². The Morgan fingerprint density at radius 2 is 1.90 bits per heavy atom. The van der Waals surface area contributed by atoms with E-state index in [0.29, 0.717) is 22.0 Å². The number of amides is 2. The van der Waals surface area contributed by atoms with Gasteiger partial charge in [-0.3, -0.25) is 14.5 Å². The predicted molar refractivity (Wildman–Crippen MR) is 157 cm³/mol. The second-order valence-electron chi connectivity index (χ2n) is 10.7. The lowest BCUT2D eigenvalue weighted by atomic mass is 9.97. The monoisotopic (exact) mass is 544 g/mol. The molecule has 5 rings (SSSR count). The largest absolute Gasteiger partial charge is 0.396 e. The molecule has 3 N–H and O–H groups in total. The molecule has 1 aliphatic heterocycles. The second-order valence-corrected chi connectivity index (χ2v) is 11.8. The van der Waals surface area contributed by atoms with Gasteiger partial charge in [-0.05, 0) is 105 Å². The van der Waals surface area contributed by atoms with Crippen molar-refractivity contribution in [2.75, 3.05) is 25.0 Å². The highest BCUT2D eigenvalue weighted by atomic mass is 32.1. The second kappa shape index (κ2) is 12.2. The zero-order chi connectivity index (χ0) is 27.4. The number of hydrazone groups is 1. The number of nitrogens with one attached hydrogen (secondary N) is 2. The molecular formula is C31H36N4O3S. The molecule has 1 aromatic heterocycles. The van der Waals surface area contributed by atoms with Crippen molar-refractivity contribution in [3.63, 3.8) is 0 Å². The summed E-state index contributed by atoms with van der Waals surface area (Å²) in [7, 11) is 0. The predicted octanol–water partition coefficient (Wildman–Crippen LogP) is 5.07. The van der Waals surface area contributed by atoms with Gasteiger partial charge in [-0.25, -0.2) is 5.43 Å². The van der Waals surface area contributed by atoms with Gasteiger partial charge in [-0.15, -0.1) is 11.3 Å². The molecule has 0 saturated carbocycles. The van der Waals surface area contributed by atoms with Crippen molar-refractivity contribution in [3.05, 3.63) is 86.3 Å². The summed E-state index contributed by atoms with van der Waals surface area (Å²) in [6.07, 6.45) is 6.41. The molecule has 3 aromatic rings. The lowest BCUT2D eigenvalue weighted by Gasteiger charge is -2.31. The minimum Gasteiger partial charge on any atom is -0.396 e. The first-order valence-electron chi connectivity index (χ1n) is 13.7. The quantitative estimate of drug-likeness (QED) is 0.273. The Kier molecular flexibility index (Phi) is 8.55. The lowest BCUT2D eigenvalue weighted by Crippen LogP contribution is -2.34. The molecule has 204 valence electrons. The molecule has 0 radical (unpaired) electrons. The Morgan fingerprint density at radius 1 is 1.08 bits per heavy atom. The van der Waals surface area contributed by atoms with E-state index in [4.69, 9.17) is 0 Å². The van der Waals surface area contributed by atoms with Gasteiger partial charge in [0.25, 0.3) is 11.8 Å². The number of thiophene rings is 1. The van der Waals surface area contributed by atoms with E-state index in [1.165, 1.54) is 22.5 Å². The molecule has 0 bridgehead atoms. The molecule has 0 spiro atoms. The van der Waals surface area contributed by atoms with Gasteiger partial charge in [0.05, 0.1) is 11.8 Å². The van der Waals surface area contributed by atoms with Crippen molar-refractivity contribution in [1.82, 2.24) is 10.3 Å². The van der Waals surface area contributed by atoms with Crippen LogP contribution in [0.25, 0.3) is 0 Å². The van der Waals surface area contributed by atoms with E-state index in [1.807, 2.05) is 49.4 Å². The first-order valence-corrected chi connectivity index (χ1v) is 14.5. The SMILES string of the molecule is Cc1ccc(/C=N/NC(=O)c2c(NC(=O)c3cccc(CN4CCC(CO)CC4)c3)sc3c2CCC3)cc1C. The van der Waals surface area contributed by atoms with Gasteiger partial charge in [-0.2, -0.15) is 5.10 Å². The molecule has 1 aliphatic carbocycles. The first-order chi connectivity index (χ1) is 18.9. The van der Waals surface area contributed by atoms with Crippen molar-refractivity contribution in [3.8, 4) is 0 Å². The number of nitrogens with zero attached hydrogens (tertiary/aromatic N) is 2. The number of aliphatic hydroxyl groups excluding tert-OH is 1. The Hall–Kier alpha value is -3.33. The Bertz CT molecular complexity index is 1390. The van der Waals surface area contributed by atoms with Crippen molar-refractivity contribution in [2.24, 2.45) is 11.0 Å². The fraction of sp³-hybridized carbons (Fsp3) is 0.387. The van der Waals surface area contributed by atoms with Crippen LogP contribution in [-0.4, -0.2) is 47.7 Å². The summed E-state index contributed by atoms with van der Waals surface area (Å²) in [5, 5.41) is 17.2. The van der Waals surface area contributed by atoms with Gasteiger partial charge in [0.1, 0.15) is 5.00 Å². The smallest absolute Gasteiger partial charge is 0.274 e. The number of piperidine rings is 1. The van der Waals surface area contributed by atoms with Crippen LogP contribution in [0.1, 0.15) is 72.7 Å². The highest BCUT2D eigenvalue weighted by Crippen LogP contribution is 2.39. The number of likely N-dealkylation sites (tertiary alicyclic amines) is 1. The van der Waals surface area contributed by atoms with E-state index in [9.17, 15) is 14.7 Å². The fourth-order valence-corrected chi connectivity index (χ4v) is 6.65. The van der Waals surface area contributed by atoms with Crippen molar-refractivity contribution < 1.29 is 14.7 Å². The van der Waals surface area contributed by atoms with Crippen LogP contribution in [0, 0.1) is 19.8 Å². The number of anilines is 1. The molecule has 2 amide bonds. The maximum Gasteiger partial charge on any atom is 0.274 e. The highest BCUT2D eigenvalue weighted by molar-refractivity contribution is 7.17. The number of fused-ring (bicyclic) bond motifs is 1. The minimum atomic E-state index is -0.301. The molecule has 39 heavy (non-hydrogen) atoms. The number of carbonyl (C=O) groups is 2. The molecule has 2 aliphatic rings. The topological polar surface area (TPSA) is 94.0 Å². The van der Waals surface area contributed by atoms with Gasteiger partial charge in [-0.1, -0.05) is 30.3 Å². The average molecular weight is 545 g/mol. The summed E-state index contributed by atoms with van der Waals surface area (Å²) in [6, 6.07) is 13.7. The van der Waals surface area contributed by atoms with Gasteiger partial charge in [0.15, 0.2) is 0 Å². The zero-order valence-corrected chi connectivity index (χ0v) is 23.4. The molecule has 7 nitrogen and oxygen atoms in total.